The first-order valence-corrected chi connectivity index (χ1v) is 9.15. The van der Waals surface area contributed by atoms with Gasteiger partial charge in [-0.25, -0.2) is 0 Å². The van der Waals surface area contributed by atoms with E-state index in [0.717, 1.165) is 24.1 Å². The molecule has 1 aromatic heterocycles. The molecule has 26 heavy (non-hydrogen) atoms. The largest absolute Gasteiger partial charge is 0.397 e. The number of pyridine rings is 1. The first-order valence-electron chi connectivity index (χ1n) is 9.15. The van der Waals surface area contributed by atoms with Crippen LogP contribution in [-0.4, -0.2) is 11.2 Å². The van der Waals surface area contributed by atoms with Gasteiger partial charge in [0.05, 0.1) is 17.3 Å². The Labute approximate surface area is 157 Å². The van der Waals surface area contributed by atoms with Gasteiger partial charge < -0.3 is 5.73 Å². The summed E-state index contributed by atoms with van der Waals surface area (Å²) in [5, 5.41) is 0. The number of unbranched alkanes of at least 4 members (excludes halogenated alkanes) is 1. The quantitative estimate of drug-likeness (QED) is 0.669. The zero-order chi connectivity index (χ0) is 19.1. The molecule has 0 spiro atoms. The Morgan fingerprint density at radius 2 is 2.08 bits per heavy atom. The molecule has 0 bridgehead atoms. The summed E-state index contributed by atoms with van der Waals surface area (Å²) in [6.45, 7) is 12.3. The van der Waals surface area contributed by atoms with Gasteiger partial charge in [-0.3, -0.25) is 9.98 Å². The zero-order valence-corrected chi connectivity index (χ0v) is 16.3. The molecule has 0 saturated heterocycles. The molecule has 2 N–H and O–H groups in total. The Morgan fingerprint density at radius 1 is 1.31 bits per heavy atom. The van der Waals surface area contributed by atoms with Crippen molar-refractivity contribution < 1.29 is 0 Å². The van der Waals surface area contributed by atoms with Crippen molar-refractivity contribution in [3.05, 3.63) is 82.8 Å². The Morgan fingerprint density at radius 3 is 2.73 bits per heavy atom. The lowest BCUT2D eigenvalue weighted by atomic mass is 9.84. The SMILES string of the molecule is C=C(N)c1cc(C(/C(=C/CCC)N=CC)c2cccc(C)c2C)ccn1. The highest BCUT2D eigenvalue weighted by Crippen LogP contribution is 2.36. The van der Waals surface area contributed by atoms with Crippen LogP contribution in [0.3, 0.4) is 0 Å². The molecule has 1 unspecified atom stereocenters. The Bertz CT molecular complexity index is 831. The second-order valence-electron chi connectivity index (χ2n) is 6.53. The van der Waals surface area contributed by atoms with Crippen molar-refractivity contribution in [2.45, 2.75) is 46.5 Å². The van der Waals surface area contributed by atoms with Crippen LogP contribution in [0, 0.1) is 13.8 Å². The Kier molecular flexibility index (Phi) is 6.90. The molecular formula is C23H29N3. The van der Waals surface area contributed by atoms with E-state index >= 15 is 0 Å². The number of benzene rings is 1. The molecule has 2 rings (SSSR count). The highest BCUT2D eigenvalue weighted by molar-refractivity contribution is 5.60. The summed E-state index contributed by atoms with van der Waals surface area (Å²) >= 11 is 0. The Hall–Kier alpha value is -2.68. The van der Waals surface area contributed by atoms with Crippen molar-refractivity contribution in [1.29, 1.82) is 0 Å². The van der Waals surface area contributed by atoms with Crippen molar-refractivity contribution in [2.24, 2.45) is 10.7 Å². The molecule has 0 radical (unpaired) electrons. The highest BCUT2D eigenvalue weighted by Gasteiger charge is 2.21. The van der Waals surface area contributed by atoms with E-state index in [2.05, 4.69) is 56.6 Å². The van der Waals surface area contributed by atoms with Crippen molar-refractivity contribution in [1.82, 2.24) is 4.98 Å². The minimum atomic E-state index is 0.0405. The predicted molar refractivity (Wildman–Crippen MR) is 112 cm³/mol. The summed E-state index contributed by atoms with van der Waals surface area (Å²) in [5.41, 5.74) is 13.1. The molecule has 2 aromatic rings. The lowest BCUT2D eigenvalue weighted by Crippen LogP contribution is -2.09. The van der Waals surface area contributed by atoms with Gasteiger partial charge in [0.25, 0.3) is 0 Å². The van der Waals surface area contributed by atoms with Crippen LogP contribution in [0.25, 0.3) is 5.70 Å². The van der Waals surface area contributed by atoms with Gasteiger partial charge >= 0.3 is 0 Å². The maximum Gasteiger partial charge on any atom is 0.0855 e. The summed E-state index contributed by atoms with van der Waals surface area (Å²) in [4.78, 5) is 9.06. The van der Waals surface area contributed by atoms with Crippen molar-refractivity contribution in [3.63, 3.8) is 0 Å². The molecule has 0 aliphatic heterocycles. The standard InChI is InChI=1S/C23H29N3/c1-6-8-12-21(25-7-2)23(20-11-9-10-16(3)17(20)4)19-13-14-26-22(15-19)18(5)24/h7,9-15,23H,5-6,8,24H2,1-4H3/b21-12-,25-7?. The van der Waals surface area contributed by atoms with Crippen LogP contribution in [0.2, 0.25) is 0 Å². The third-order valence-corrected chi connectivity index (χ3v) is 4.62. The summed E-state index contributed by atoms with van der Waals surface area (Å²) in [5.74, 6) is 0.0405. The smallest absolute Gasteiger partial charge is 0.0855 e. The van der Waals surface area contributed by atoms with Gasteiger partial charge in [-0.2, -0.15) is 0 Å². The maximum atomic E-state index is 5.89. The molecule has 0 amide bonds. The van der Waals surface area contributed by atoms with E-state index in [9.17, 15) is 0 Å². The molecule has 1 atom stereocenters. The molecule has 1 heterocycles. The number of rotatable bonds is 7. The molecule has 0 fully saturated rings. The Balaban J connectivity index is 2.71. The molecule has 0 saturated carbocycles. The fraction of sp³-hybridized carbons (Fsp3) is 0.304. The van der Waals surface area contributed by atoms with Gasteiger partial charge in [0, 0.05) is 18.1 Å². The molecular weight excluding hydrogens is 318 g/mol. The van der Waals surface area contributed by atoms with E-state index in [1.165, 1.54) is 16.7 Å². The second kappa shape index (κ2) is 9.14. The summed E-state index contributed by atoms with van der Waals surface area (Å²) < 4.78 is 0. The highest BCUT2D eigenvalue weighted by atomic mass is 14.8. The second-order valence-corrected chi connectivity index (χ2v) is 6.53. The summed E-state index contributed by atoms with van der Waals surface area (Å²) in [6, 6.07) is 10.5. The van der Waals surface area contributed by atoms with Gasteiger partial charge in [-0.15, -0.1) is 0 Å². The van der Waals surface area contributed by atoms with E-state index < -0.39 is 0 Å². The van der Waals surface area contributed by atoms with Gasteiger partial charge in [-0.05, 0) is 61.6 Å². The zero-order valence-electron chi connectivity index (χ0n) is 16.3. The number of allylic oxidation sites excluding steroid dienone is 2. The van der Waals surface area contributed by atoms with Crippen LogP contribution in [-0.2, 0) is 0 Å². The number of hydrogen-bond donors (Lipinski definition) is 1. The minimum absolute atomic E-state index is 0.0405. The number of hydrogen-bond acceptors (Lipinski definition) is 3. The van der Waals surface area contributed by atoms with E-state index in [0.29, 0.717) is 11.4 Å². The van der Waals surface area contributed by atoms with Crippen molar-refractivity contribution in [2.75, 3.05) is 0 Å². The van der Waals surface area contributed by atoms with Crippen LogP contribution in [0.4, 0.5) is 0 Å². The van der Waals surface area contributed by atoms with E-state index in [1.54, 1.807) is 6.20 Å². The molecule has 3 heteroatoms. The van der Waals surface area contributed by atoms with E-state index in [1.807, 2.05) is 25.3 Å². The fourth-order valence-electron chi connectivity index (χ4n) is 3.08. The van der Waals surface area contributed by atoms with Crippen LogP contribution in [0.15, 0.2) is 59.9 Å². The number of aryl methyl sites for hydroxylation is 1. The van der Waals surface area contributed by atoms with Gasteiger partial charge in [-0.1, -0.05) is 44.2 Å². The fourth-order valence-corrected chi connectivity index (χ4v) is 3.08. The van der Waals surface area contributed by atoms with Crippen molar-refractivity contribution in [3.8, 4) is 0 Å². The first kappa shape index (κ1) is 19.6. The molecule has 1 aromatic carbocycles. The summed E-state index contributed by atoms with van der Waals surface area (Å²) in [6.07, 6.45) is 7.99. The van der Waals surface area contributed by atoms with Crippen LogP contribution in [0.1, 0.15) is 60.6 Å². The van der Waals surface area contributed by atoms with Gasteiger partial charge in [0.1, 0.15) is 0 Å². The lowest BCUT2D eigenvalue weighted by Gasteiger charge is -2.22. The van der Waals surface area contributed by atoms with Crippen LogP contribution in [0.5, 0.6) is 0 Å². The average molecular weight is 348 g/mol. The van der Waals surface area contributed by atoms with Crippen molar-refractivity contribution >= 4 is 11.9 Å². The topological polar surface area (TPSA) is 51.3 Å². The van der Waals surface area contributed by atoms with Gasteiger partial charge in [0.15, 0.2) is 0 Å². The van der Waals surface area contributed by atoms with E-state index in [-0.39, 0.29) is 5.92 Å². The summed E-state index contributed by atoms with van der Waals surface area (Å²) in [7, 11) is 0. The number of aliphatic imine (C=N–C) groups is 1. The monoisotopic (exact) mass is 347 g/mol. The minimum Gasteiger partial charge on any atom is -0.397 e. The van der Waals surface area contributed by atoms with Crippen LogP contribution >= 0.6 is 0 Å². The third kappa shape index (κ3) is 4.48. The molecule has 3 nitrogen and oxygen atoms in total. The maximum absolute atomic E-state index is 5.89. The normalized spacial score (nSPS) is 13.2. The molecule has 0 aliphatic carbocycles. The average Bonchev–Trinajstić information content (AvgIpc) is 2.63. The van der Waals surface area contributed by atoms with Gasteiger partial charge in [0.2, 0.25) is 0 Å². The molecule has 0 aliphatic rings. The van der Waals surface area contributed by atoms with E-state index in [4.69, 9.17) is 10.7 Å². The van der Waals surface area contributed by atoms with Crippen LogP contribution < -0.4 is 5.73 Å². The lowest BCUT2D eigenvalue weighted by molar-refractivity contribution is 0.873. The first-order chi connectivity index (χ1) is 12.5. The molecule has 136 valence electrons. The number of aromatic nitrogens is 1. The predicted octanol–water partition coefficient (Wildman–Crippen LogP) is 5.53. The number of nitrogens with two attached hydrogens (primary N) is 1. The third-order valence-electron chi connectivity index (χ3n) is 4.62. The number of nitrogens with zero attached hydrogens (tertiary/aromatic N) is 2.